The van der Waals surface area contributed by atoms with Gasteiger partial charge in [-0.1, -0.05) is 38.8 Å². The number of hydrogen-bond donors (Lipinski definition) is 1. The van der Waals surface area contributed by atoms with Crippen LogP contribution in [-0.2, 0) is 4.89 Å². The van der Waals surface area contributed by atoms with E-state index in [4.69, 9.17) is 9.78 Å². The Bertz CT molecular complexity index is 553. The van der Waals surface area contributed by atoms with Gasteiger partial charge in [0.05, 0.1) is 0 Å². The minimum absolute atomic E-state index is 0.0452. The second-order valence-electron chi connectivity index (χ2n) is 7.20. The topological polar surface area (TPSA) is 47.6 Å². The van der Waals surface area contributed by atoms with Crippen LogP contribution in [0.3, 0.4) is 0 Å². The van der Waals surface area contributed by atoms with Crippen molar-refractivity contribution in [3.63, 3.8) is 0 Å². The quantitative estimate of drug-likeness (QED) is 0.651. The van der Waals surface area contributed by atoms with E-state index < -0.39 is 6.09 Å². The van der Waals surface area contributed by atoms with E-state index in [0.717, 1.165) is 30.4 Å². The molecular formula is C18H27NO3. The number of rotatable bonds is 3. The lowest BCUT2D eigenvalue weighted by Gasteiger charge is -2.47. The molecule has 1 aromatic rings. The van der Waals surface area contributed by atoms with E-state index in [1.165, 1.54) is 6.42 Å². The van der Waals surface area contributed by atoms with E-state index in [9.17, 15) is 4.79 Å². The molecule has 1 aliphatic carbocycles. The fraction of sp³-hybridized carbons (Fsp3) is 0.611. The summed E-state index contributed by atoms with van der Waals surface area (Å²) in [6, 6.07) is 5.67. The van der Waals surface area contributed by atoms with Crippen molar-refractivity contribution in [2.45, 2.75) is 65.8 Å². The molecule has 4 heteroatoms. The van der Waals surface area contributed by atoms with Crippen molar-refractivity contribution in [3.05, 3.63) is 29.3 Å². The predicted molar refractivity (Wildman–Crippen MR) is 86.8 cm³/mol. The van der Waals surface area contributed by atoms with E-state index in [0.29, 0.717) is 5.75 Å². The molecule has 1 saturated carbocycles. The average molecular weight is 305 g/mol. The van der Waals surface area contributed by atoms with Crippen LogP contribution in [0.4, 0.5) is 4.79 Å². The summed E-state index contributed by atoms with van der Waals surface area (Å²) in [7, 11) is 0. The van der Waals surface area contributed by atoms with Gasteiger partial charge in [0.25, 0.3) is 0 Å². The first-order valence-corrected chi connectivity index (χ1v) is 7.98. The SMILES string of the molecule is Cc1cccc(OOC(=O)NC2(C)CCCCC2(C)C)c1C. The molecule has 0 aliphatic heterocycles. The molecule has 122 valence electrons. The number of carbonyl (C=O) groups excluding carboxylic acids is 1. The molecule has 0 heterocycles. The van der Waals surface area contributed by atoms with Crippen molar-refractivity contribution in [3.8, 4) is 5.75 Å². The van der Waals surface area contributed by atoms with Crippen LogP contribution in [-0.4, -0.2) is 11.6 Å². The molecule has 1 N–H and O–H groups in total. The van der Waals surface area contributed by atoms with Gasteiger partial charge in [-0.2, -0.15) is 0 Å². The standard InChI is InChI=1S/C18H27NO3/c1-13-9-8-10-15(14(13)2)21-22-16(20)19-18(5)12-7-6-11-17(18,3)4/h8-10H,6-7,11-12H2,1-5H3,(H,19,20). The monoisotopic (exact) mass is 305 g/mol. The Morgan fingerprint density at radius 1 is 1.14 bits per heavy atom. The largest absolute Gasteiger partial charge is 0.450 e. The summed E-state index contributed by atoms with van der Waals surface area (Å²) < 4.78 is 0. The Morgan fingerprint density at radius 3 is 2.50 bits per heavy atom. The van der Waals surface area contributed by atoms with Crippen LogP contribution in [0.1, 0.15) is 57.6 Å². The van der Waals surface area contributed by atoms with Gasteiger partial charge in [0.15, 0.2) is 5.75 Å². The van der Waals surface area contributed by atoms with Crippen LogP contribution >= 0.6 is 0 Å². The molecule has 1 unspecified atom stereocenters. The Kier molecular flexibility index (Phi) is 4.69. The predicted octanol–water partition coefficient (Wildman–Crippen LogP) is 4.68. The van der Waals surface area contributed by atoms with Gasteiger partial charge in [0.2, 0.25) is 0 Å². The maximum atomic E-state index is 12.1. The number of hydrogen-bond acceptors (Lipinski definition) is 3. The van der Waals surface area contributed by atoms with Crippen LogP contribution in [0.15, 0.2) is 18.2 Å². The maximum Gasteiger partial charge on any atom is 0.450 e. The highest BCUT2D eigenvalue weighted by molar-refractivity contribution is 5.68. The third-order valence-corrected chi connectivity index (χ3v) is 5.36. The van der Waals surface area contributed by atoms with Crippen LogP contribution < -0.4 is 10.2 Å². The molecule has 0 bridgehead atoms. The molecule has 0 aromatic heterocycles. The zero-order valence-electron chi connectivity index (χ0n) is 14.3. The fourth-order valence-electron chi connectivity index (χ4n) is 3.03. The Balaban J connectivity index is 1.97. The summed E-state index contributed by atoms with van der Waals surface area (Å²) in [6.07, 6.45) is 3.86. The molecular weight excluding hydrogens is 278 g/mol. The zero-order valence-corrected chi connectivity index (χ0v) is 14.3. The van der Waals surface area contributed by atoms with Crippen LogP contribution in [0.25, 0.3) is 0 Å². The van der Waals surface area contributed by atoms with Crippen LogP contribution in [0.2, 0.25) is 0 Å². The average Bonchev–Trinajstić information content (AvgIpc) is 2.44. The van der Waals surface area contributed by atoms with Gasteiger partial charge in [0.1, 0.15) is 0 Å². The lowest BCUT2D eigenvalue weighted by atomic mass is 9.64. The molecule has 0 saturated heterocycles. The van der Waals surface area contributed by atoms with Crippen molar-refractivity contribution >= 4 is 6.09 Å². The summed E-state index contributed by atoms with van der Waals surface area (Å²) in [6.45, 7) is 10.4. The van der Waals surface area contributed by atoms with Crippen molar-refractivity contribution < 1.29 is 14.6 Å². The Morgan fingerprint density at radius 2 is 1.82 bits per heavy atom. The maximum absolute atomic E-state index is 12.1. The molecule has 1 aliphatic rings. The van der Waals surface area contributed by atoms with Gasteiger partial charge in [-0.3, -0.25) is 4.89 Å². The molecule has 4 nitrogen and oxygen atoms in total. The molecule has 22 heavy (non-hydrogen) atoms. The fourth-order valence-corrected chi connectivity index (χ4v) is 3.03. The third-order valence-electron chi connectivity index (χ3n) is 5.36. The van der Waals surface area contributed by atoms with E-state index in [1.54, 1.807) is 6.07 Å². The Hall–Kier alpha value is -1.71. The van der Waals surface area contributed by atoms with Gasteiger partial charge >= 0.3 is 6.09 Å². The lowest BCUT2D eigenvalue weighted by Crippen LogP contribution is -2.57. The van der Waals surface area contributed by atoms with E-state index in [2.05, 4.69) is 26.1 Å². The number of carbonyl (C=O) groups is 1. The van der Waals surface area contributed by atoms with E-state index in [1.807, 2.05) is 26.0 Å². The van der Waals surface area contributed by atoms with Crippen molar-refractivity contribution in [2.24, 2.45) is 5.41 Å². The first kappa shape index (κ1) is 16.7. The second-order valence-corrected chi connectivity index (χ2v) is 7.20. The summed E-state index contributed by atoms with van der Waals surface area (Å²) in [5.74, 6) is 0.572. The van der Waals surface area contributed by atoms with Gasteiger partial charge in [-0.05, 0) is 56.2 Å². The summed E-state index contributed by atoms with van der Waals surface area (Å²) in [4.78, 5) is 22.3. The number of aryl methyl sites for hydroxylation is 1. The van der Waals surface area contributed by atoms with E-state index >= 15 is 0 Å². The molecule has 0 radical (unpaired) electrons. The molecule has 1 aromatic carbocycles. The van der Waals surface area contributed by atoms with Crippen LogP contribution in [0, 0.1) is 19.3 Å². The summed E-state index contributed by atoms with van der Waals surface area (Å²) in [5, 5.41) is 3.00. The molecule has 1 amide bonds. The van der Waals surface area contributed by atoms with Gasteiger partial charge < -0.3 is 5.32 Å². The zero-order chi connectivity index (χ0) is 16.4. The highest BCUT2D eigenvalue weighted by Crippen LogP contribution is 2.43. The third kappa shape index (κ3) is 3.37. The van der Waals surface area contributed by atoms with Gasteiger partial charge in [-0.15, -0.1) is 0 Å². The molecule has 1 atom stereocenters. The second kappa shape index (κ2) is 6.19. The highest BCUT2D eigenvalue weighted by atomic mass is 17.2. The minimum Gasteiger partial charge on any atom is -0.313 e. The highest BCUT2D eigenvalue weighted by Gasteiger charge is 2.44. The van der Waals surface area contributed by atoms with E-state index in [-0.39, 0.29) is 11.0 Å². The Labute approximate surface area is 133 Å². The number of amides is 1. The van der Waals surface area contributed by atoms with Gasteiger partial charge in [0, 0.05) is 5.54 Å². The lowest BCUT2D eigenvalue weighted by molar-refractivity contribution is -0.147. The van der Waals surface area contributed by atoms with Crippen LogP contribution in [0.5, 0.6) is 5.75 Å². The number of nitrogens with one attached hydrogen (secondary N) is 1. The molecule has 0 spiro atoms. The normalized spacial score (nSPS) is 23.7. The number of benzene rings is 1. The minimum atomic E-state index is -0.529. The van der Waals surface area contributed by atoms with Crippen molar-refractivity contribution in [1.82, 2.24) is 5.32 Å². The summed E-state index contributed by atoms with van der Waals surface area (Å²) >= 11 is 0. The van der Waals surface area contributed by atoms with Gasteiger partial charge in [-0.25, -0.2) is 9.68 Å². The molecule has 1 fully saturated rings. The smallest absolute Gasteiger partial charge is 0.313 e. The summed E-state index contributed by atoms with van der Waals surface area (Å²) in [5.41, 5.74) is 1.85. The first-order chi connectivity index (χ1) is 10.3. The first-order valence-electron chi connectivity index (χ1n) is 7.98. The van der Waals surface area contributed by atoms with Crippen molar-refractivity contribution in [1.29, 1.82) is 0 Å². The molecule has 2 rings (SSSR count). The van der Waals surface area contributed by atoms with Crippen molar-refractivity contribution in [2.75, 3.05) is 0 Å².